The number of carbonyl (C=O) groups excluding carboxylic acids is 2. The van der Waals surface area contributed by atoms with Gasteiger partial charge in [-0.15, -0.1) is 0 Å². The number of imide groups is 1. The predicted octanol–water partition coefficient (Wildman–Crippen LogP) is 6.43. The summed E-state index contributed by atoms with van der Waals surface area (Å²) in [6.07, 6.45) is 0. The molecular formula is C28H20Cl2N2O4S2. The summed E-state index contributed by atoms with van der Waals surface area (Å²) in [5.74, 6) is -1.47. The molecule has 0 aliphatic carbocycles. The predicted molar refractivity (Wildman–Crippen MR) is 151 cm³/mol. The largest absolute Gasteiger partial charge is 0.489 e. The van der Waals surface area contributed by atoms with Gasteiger partial charge in [0.1, 0.15) is 17.6 Å². The van der Waals surface area contributed by atoms with Crippen LogP contribution in [0.25, 0.3) is 0 Å². The van der Waals surface area contributed by atoms with E-state index in [1.54, 1.807) is 42.5 Å². The lowest BCUT2D eigenvalue weighted by Crippen LogP contribution is -2.32. The number of rotatable bonds is 5. The zero-order valence-corrected chi connectivity index (χ0v) is 23.1. The number of ether oxygens (including phenoxy) is 1. The van der Waals surface area contributed by atoms with Crippen LogP contribution in [-0.2, 0) is 16.2 Å². The number of anilines is 1. The highest BCUT2D eigenvalue weighted by Gasteiger charge is 2.56. The van der Waals surface area contributed by atoms with Gasteiger partial charge < -0.3 is 9.72 Å². The number of H-pyrrole nitrogens is 1. The van der Waals surface area contributed by atoms with Crippen LogP contribution >= 0.6 is 46.3 Å². The van der Waals surface area contributed by atoms with Crippen molar-refractivity contribution in [1.82, 2.24) is 4.98 Å². The van der Waals surface area contributed by atoms with Crippen molar-refractivity contribution in [1.29, 1.82) is 0 Å². The van der Waals surface area contributed by atoms with Gasteiger partial charge in [-0.25, -0.2) is 4.90 Å². The van der Waals surface area contributed by atoms with Crippen molar-refractivity contribution in [2.24, 2.45) is 5.92 Å². The molecule has 0 bridgehead atoms. The van der Waals surface area contributed by atoms with Gasteiger partial charge in [-0.05, 0) is 55.0 Å². The fraction of sp³-hybridized carbons (Fsp3) is 0.179. The molecule has 3 heterocycles. The minimum Gasteiger partial charge on any atom is -0.489 e. The quantitative estimate of drug-likeness (QED) is 0.274. The average Bonchev–Trinajstić information content (AvgIpc) is 3.38. The molecule has 1 N–H and O–H groups in total. The first-order valence-electron chi connectivity index (χ1n) is 11.8. The minimum atomic E-state index is -0.748. The Bertz CT molecular complexity index is 1630. The van der Waals surface area contributed by atoms with Gasteiger partial charge in [-0.2, -0.15) is 0 Å². The molecule has 6 nitrogen and oxygen atoms in total. The Balaban J connectivity index is 1.45. The zero-order chi connectivity index (χ0) is 26.6. The lowest BCUT2D eigenvalue weighted by atomic mass is 9.82. The van der Waals surface area contributed by atoms with Crippen LogP contribution in [0.15, 0.2) is 76.6 Å². The first kappa shape index (κ1) is 25.2. The monoisotopic (exact) mass is 582 g/mol. The maximum Gasteiger partial charge on any atom is 0.305 e. The van der Waals surface area contributed by atoms with E-state index < -0.39 is 17.1 Å². The summed E-state index contributed by atoms with van der Waals surface area (Å²) in [5, 5.41) is 0.847. The zero-order valence-electron chi connectivity index (χ0n) is 19.9. The molecular weight excluding hydrogens is 563 g/mol. The first-order valence-corrected chi connectivity index (χ1v) is 14.3. The second-order valence-corrected chi connectivity index (χ2v) is 12.2. The molecule has 38 heavy (non-hydrogen) atoms. The molecule has 2 aliphatic rings. The molecule has 10 heteroatoms. The maximum atomic E-state index is 14.0. The molecule has 2 amide bonds. The molecule has 0 spiro atoms. The van der Waals surface area contributed by atoms with E-state index in [-0.39, 0.29) is 16.7 Å². The van der Waals surface area contributed by atoms with Crippen LogP contribution in [0.5, 0.6) is 5.75 Å². The van der Waals surface area contributed by atoms with Crippen LogP contribution in [0.1, 0.15) is 27.5 Å². The van der Waals surface area contributed by atoms with Crippen LogP contribution < -0.4 is 14.5 Å². The molecule has 6 rings (SSSR count). The number of amides is 2. The van der Waals surface area contributed by atoms with Crippen molar-refractivity contribution in [2.45, 2.75) is 29.7 Å². The van der Waals surface area contributed by atoms with E-state index in [1.807, 2.05) is 31.2 Å². The maximum absolute atomic E-state index is 14.0. The standard InChI is InChI=1S/C28H20Cl2N2O4S2/c1-14-3-2-4-15(11-14)13-36-20-10-7-17(30)12-19(20)21-22-24(37-25-23(21)38-28(35)31-25)27(34)32(26(22)33)18-8-5-16(29)6-9-18/h2-12,21-22,24H,13H2,1H3,(H,31,35)/t21-,22?,24?/m1/s1. The number of thiazole rings is 1. The van der Waals surface area contributed by atoms with Crippen molar-refractivity contribution < 1.29 is 14.3 Å². The summed E-state index contributed by atoms with van der Waals surface area (Å²) in [4.78, 5) is 44.5. The number of aryl methyl sites for hydroxylation is 1. The Morgan fingerprint density at radius 3 is 2.47 bits per heavy atom. The van der Waals surface area contributed by atoms with Gasteiger partial charge in [0.2, 0.25) is 11.8 Å². The summed E-state index contributed by atoms with van der Waals surface area (Å²) in [6.45, 7) is 2.33. The van der Waals surface area contributed by atoms with Gasteiger partial charge in [0.05, 0.1) is 16.6 Å². The number of aromatic nitrogens is 1. The van der Waals surface area contributed by atoms with Crippen molar-refractivity contribution in [3.8, 4) is 5.75 Å². The van der Waals surface area contributed by atoms with Crippen molar-refractivity contribution in [3.05, 3.63) is 108 Å². The van der Waals surface area contributed by atoms with E-state index in [4.69, 9.17) is 27.9 Å². The first-order chi connectivity index (χ1) is 18.3. The van der Waals surface area contributed by atoms with Gasteiger partial charge in [-0.1, -0.05) is 76.1 Å². The molecule has 0 saturated carbocycles. The van der Waals surface area contributed by atoms with Crippen LogP contribution in [0.3, 0.4) is 0 Å². The number of benzene rings is 3. The third kappa shape index (κ3) is 4.45. The van der Waals surface area contributed by atoms with E-state index in [9.17, 15) is 14.4 Å². The molecule has 2 unspecified atom stereocenters. The molecule has 3 atom stereocenters. The van der Waals surface area contributed by atoms with E-state index in [0.717, 1.165) is 22.5 Å². The highest BCUT2D eigenvalue weighted by Crippen LogP contribution is 2.54. The average molecular weight is 584 g/mol. The lowest BCUT2D eigenvalue weighted by molar-refractivity contribution is -0.122. The smallest absolute Gasteiger partial charge is 0.305 e. The summed E-state index contributed by atoms with van der Waals surface area (Å²) in [5.41, 5.74) is 3.23. The minimum absolute atomic E-state index is 0.244. The van der Waals surface area contributed by atoms with Gasteiger partial charge in [0.25, 0.3) is 0 Å². The van der Waals surface area contributed by atoms with E-state index in [0.29, 0.717) is 43.6 Å². The highest BCUT2D eigenvalue weighted by molar-refractivity contribution is 8.00. The van der Waals surface area contributed by atoms with Gasteiger partial charge in [0, 0.05) is 26.4 Å². The SMILES string of the molecule is Cc1cccc(COc2ccc(Cl)cc2[C@H]2c3sc(=O)[nH]c3SC3C(=O)N(c4ccc(Cl)cc4)C(=O)C32)c1. The Labute approximate surface area is 236 Å². The van der Waals surface area contributed by atoms with E-state index in [1.165, 1.54) is 16.7 Å². The fourth-order valence-corrected chi connectivity index (χ4v) is 7.87. The number of nitrogens with one attached hydrogen (secondary N) is 1. The Morgan fingerprint density at radius 2 is 1.71 bits per heavy atom. The molecule has 4 aromatic rings. The number of aromatic amines is 1. The Hall–Kier alpha value is -3.04. The Morgan fingerprint density at radius 1 is 0.947 bits per heavy atom. The van der Waals surface area contributed by atoms with Crippen molar-refractivity contribution in [2.75, 3.05) is 4.90 Å². The number of hydrogen-bond acceptors (Lipinski definition) is 6. The number of thioether (sulfide) groups is 1. The number of hydrogen-bond donors (Lipinski definition) is 1. The summed E-state index contributed by atoms with van der Waals surface area (Å²) in [6, 6.07) is 19.9. The molecule has 3 aromatic carbocycles. The van der Waals surface area contributed by atoms with E-state index >= 15 is 0 Å². The van der Waals surface area contributed by atoms with Crippen LogP contribution in [0.2, 0.25) is 10.0 Å². The summed E-state index contributed by atoms with van der Waals surface area (Å²) >= 11 is 14.8. The third-order valence-electron chi connectivity index (χ3n) is 6.69. The highest BCUT2D eigenvalue weighted by atomic mass is 35.5. The van der Waals surface area contributed by atoms with Gasteiger partial charge in [-0.3, -0.25) is 14.4 Å². The van der Waals surface area contributed by atoms with Crippen molar-refractivity contribution in [3.63, 3.8) is 0 Å². The third-order valence-corrected chi connectivity index (χ3v) is 9.58. The normalized spacial score (nSPS) is 20.4. The Kier molecular flexibility index (Phi) is 6.60. The molecule has 1 saturated heterocycles. The lowest BCUT2D eigenvalue weighted by Gasteiger charge is -2.31. The van der Waals surface area contributed by atoms with Crippen LogP contribution in [0, 0.1) is 12.8 Å². The molecule has 1 aromatic heterocycles. The van der Waals surface area contributed by atoms with E-state index in [2.05, 4.69) is 4.98 Å². The van der Waals surface area contributed by atoms with Gasteiger partial charge in [0.15, 0.2) is 0 Å². The molecule has 1 fully saturated rings. The number of fused-ring (bicyclic) bond motifs is 2. The molecule has 2 aliphatic heterocycles. The number of carbonyl (C=O) groups is 2. The van der Waals surface area contributed by atoms with Crippen LogP contribution in [-0.4, -0.2) is 22.0 Å². The van der Waals surface area contributed by atoms with Crippen molar-refractivity contribution >= 4 is 63.8 Å². The fourth-order valence-electron chi connectivity index (χ4n) is 5.05. The topological polar surface area (TPSA) is 79.5 Å². The van der Waals surface area contributed by atoms with Gasteiger partial charge >= 0.3 is 4.87 Å². The summed E-state index contributed by atoms with van der Waals surface area (Å²) < 4.78 is 6.27. The molecule has 0 radical (unpaired) electrons. The second-order valence-electron chi connectivity index (χ2n) is 9.20. The molecule has 192 valence electrons. The number of nitrogens with zero attached hydrogens (tertiary/aromatic N) is 1. The summed E-state index contributed by atoms with van der Waals surface area (Å²) in [7, 11) is 0. The second kappa shape index (κ2) is 9.93. The van der Waals surface area contributed by atoms with Crippen LogP contribution in [0.4, 0.5) is 5.69 Å². The number of halogens is 2.